The lowest BCUT2D eigenvalue weighted by Gasteiger charge is -2.23. The second-order valence-corrected chi connectivity index (χ2v) is 3.79. The van der Waals surface area contributed by atoms with Crippen molar-refractivity contribution in [2.45, 2.75) is 6.42 Å². The van der Waals surface area contributed by atoms with E-state index in [1.807, 2.05) is 4.90 Å². The second kappa shape index (κ2) is 4.47. The molecule has 1 aliphatic rings. The van der Waals surface area contributed by atoms with Crippen molar-refractivity contribution in [2.24, 2.45) is 0 Å². The highest BCUT2D eigenvalue weighted by molar-refractivity contribution is 8.13. The maximum atomic E-state index is 10.9. The van der Waals surface area contributed by atoms with Gasteiger partial charge in [0.2, 0.25) is 5.12 Å². The Balaban J connectivity index is 2.23. The van der Waals surface area contributed by atoms with Crippen LogP contribution >= 0.6 is 11.8 Å². The Hall–Kier alpha value is -0.550. The summed E-state index contributed by atoms with van der Waals surface area (Å²) in [5.41, 5.74) is 0. The summed E-state index contributed by atoms with van der Waals surface area (Å²) in [4.78, 5) is 23.0. The molecule has 12 heavy (non-hydrogen) atoms. The molecule has 68 valence electrons. The monoisotopic (exact) mass is 189 g/mol. The molecule has 0 amide bonds. The highest BCUT2D eigenvalue weighted by Crippen LogP contribution is 2.10. The van der Waals surface area contributed by atoms with Crippen molar-refractivity contribution >= 4 is 22.8 Å². The maximum absolute atomic E-state index is 10.9. The maximum Gasteiger partial charge on any atom is 0.304 e. The summed E-state index contributed by atoms with van der Waals surface area (Å²) in [6, 6.07) is 0. The summed E-state index contributed by atoms with van der Waals surface area (Å²) in [6.45, 7) is 1.71. The van der Waals surface area contributed by atoms with E-state index in [-0.39, 0.29) is 11.5 Å². The largest absolute Gasteiger partial charge is 0.481 e. The third-order valence-corrected chi connectivity index (χ3v) is 2.50. The van der Waals surface area contributed by atoms with Gasteiger partial charge in [0.1, 0.15) is 0 Å². The Morgan fingerprint density at radius 3 is 3.00 bits per heavy atom. The molecule has 0 unspecified atom stereocenters. The summed E-state index contributed by atoms with van der Waals surface area (Å²) >= 11 is 1.33. The molecule has 0 aromatic heterocycles. The quantitative estimate of drug-likeness (QED) is 0.679. The number of thioether (sulfide) groups is 1. The van der Waals surface area contributed by atoms with Crippen LogP contribution in [0.1, 0.15) is 6.42 Å². The fourth-order valence-corrected chi connectivity index (χ4v) is 1.89. The molecule has 1 aliphatic heterocycles. The van der Waals surface area contributed by atoms with Crippen molar-refractivity contribution in [1.29, 1.82) is 0 Å². The summed E-state index contributed by atoms with van der Waals surface area (Å²) in [5, 5.41) is 8.54. The predicted octanol–water partition coefficient (Wildman–Crippen LogP) is 0.0365. The van der Waals surface area contributed by atoms with E-state index in [0.717, 1.165) is 12.3 Å². The van der Waals surface area contributed by atoms with E-state index < -0.39 is 5.97 Å². The van der Waals surface area contributed by atoms with Gasteiger partial charge >= 0.3 is 5.97 Å². The number of carbonyl (C=O) groups excluding carboxylic acids is 1. The molecule has 1 heterocycles. The molecule has 0 aromatic rings. The van der Waals surface area contributed by atoms with Gasteiger partial charge in [0.25, 0.3) is 0 Å². The fraction of sp³-hybridized carbons (Fsp3) is 0.714. The SMILES string of the molecule is O=C(O)CCN1CCSC(=O)C1. The van der Waals surface area contributed by atoms with Crippen molar-refractivity contribution in [1.82, 2.24) is 4.90 Å². The Labute approximate surface area is 74.9 Å². The lowest BCUT2D eigenvalue weighted by Crippen LogP contribution is -2.36. The lowest BCUT2D eigenvalue weighted by molar-refractivity contribution is -0.137. The van der Waals surface area contributed by atoms with Crippen molar-refractivity contribution in [2.75, 3.05) is 25.4 Å². The van der Waals surface area contributed by atoms with Crippen LogP contribution in [0.25, 0.3) is 0 Å². The van der Waals surface area contributed by atoms with Crippen LogP contribution in [0.3, 0.4) is 0 Å². The van der Waals surface area contributed by atoms with Gasteiger partial charge in [0.15, 0.2) is 0 Å². The zero-order valence-electron chi connectivity index (χ0n) is 6.65. The molecule has 4 nitrogen and oxygen atoms in total. The zero-order chi connectivity index (χ0) is 8.97. The van der Waals surface area contributed by atoms with E-state index in [0.29, 0.717) is 13.1 Å². The topological polar surface area (TPSA) is 57.6 Å². The van der Waals surface area contributed by atoms with Crippen LogP contribution in [0.4, 0.5) is 0 Å². The molecule has 0 atom stereocenters. The first-order valence-corrected chi connectivity index (χ1v) is 4.77. The van der Waals surface area contributed by atoms with Gasteiger partial charge in [-0.15, -0.1) is 0 Å². The number of rotatable bonds is 3. The third kappa shape index (κ3) is 3.23. The van der Waals surface area contributed by atoms with Gasteiger partial charge < -0.3 is 5.11 Å². The molecule has 0 saturated carbocycles. The van der Waals surface area contributed by atoms with Crippen molar-refractivity contribution in [3.8, 4) is 0 Å². The van der Waals surface area contributed by atoms with Gasteiger partial charge in [-0.1, -0.05) is 11.8 Å². The predicted molar refractivity (Wildman–Crippen MR) is 46.2 cm³/mol. The summed E-state index contributed by atoms with van der Waals surface area (Å²) in [6.07, 6.45) is 0.123. The molecule has 0 bridgehead atoms. The van der Waals surface area contributed by atoms with Crippen molar-refractivity contribution in [3.05, 3.63) is 0 Å². The van der Waals surface area contributed by atoms with Crippen LogP contribution in [-0.2, 0) is 9.59 Å². The van der Waals surface area contributed by atoms with E-state index in [1.54, 1.807) is 0 Å². The minimum absolute atomic E-state index is 0.123. The average molecular weight is 189 g/mol. The first-order valence-electron chi connectivity index (χ1n) is 3.78. The highest BCUT2D eigenvalue weighted by atomic mass is 32.2. The third-order valence-electron chi connectivity index (χ3n) is 1.67. The molecule has 0 aromatic carbocycles. The summed E-state index contributed by atoms with van der Waals surface area (Å²) < 4.78 is 0. The molecule has 0 radical (unpaired) electrons. The van der Waals surface area contributed by atoms with Gasteiger partial charge in [-0.05, 0) is 0 Å². The fourth-order valence-electron chi connectivity index (χ4n) is 1.04. The van der Waals surface area contributed by atoms with Gasteiger partial charge in [-0.25, -0.2) is 0 Å². The molecule has 1 N–H and O–H groups in total. The van der Waals surface area contributed by atoms with E-state index in [9.17, 15) is 9.59 Å². The molecule has 1 saturated heterocycles. The number of hydrogen-bond acceptors (Lipinski definition) is 4. The number of carbonyl (C=O) groups is 2. The molecule has 1 fully saturated rings. The second-order valence-electron chi connectivity index (χ2n) is 2.64. The van der Waals surface area contributed by atoms with Crippen molar-refractivity contribution < 1.29 is 14.7 Å². The number of carboxylic acid groups (broad SMARTS) is 1. The first kappa shape index (κ1) is 9.54. The first-order chi connectivity index (χ1) is 5.68. The van der Waals surface area contributed by atoms with Gasteiger partial charge in [0, 0.05) is 18.8 Å². The van der Waals surface area contributed by atoms with E-state index in [4.69, 9.17) is 5.11 Å². The Morgan fingerprint density at radius 2 is 2.42 bits per heavy atom. The average Bonchev–Trinajstić information content (AvgIpc) is 2.01. The minimum Gasteiger partial charge on any atom is -0.481 e. The van der Waals surface area contributed by atoms with Crippen molar-refractivity contribution in [3.63, 3.8) is 0 Å². The van der Waals surface area contributed by atoms with Crippen LogP contribution in [0, 0.1) is 0 Å². The Morgan fingerprint density at radius 1 is 1.67 bits per heavy atom. The lowest BCUT2D eigenvalue weighted by atomic mass is 10.4. The molecule has 0 aliphatic carbocycles. The van der Waals surface area contributed by atoms with Gasteiger partial charge in [-0.2, -0.15) is 0 Å². The Bertz CT molecular complexity index is 195. The van der Waals surface area contributed by atoms with Crippen LogP contribution in [-0.4, -0.2) is 46.5 Å². The molecular weight excluding hydrogens is 178 g/mol. The molecule has 1 rings (SSSR count). The van der Waals surface area contributed by atoms with E-state index >= 15 is 0 Å². The summed E-state index contributed by atoms with van der Waals surface area (Å²) in [7, 11) is 0. The normalized spacial score (nSPS) is 19.5. The number of nitrogens with zero attached hydrogens (tertiary/aromatic N) is 1. The van der Waals surface area contributed by atoms with E-state index in [1.165, 1.54) is 11.8 Å². The smallest absolute Gasteiger partial charge is 0.304 e. The zero-order valence-corrected chi connectivity index (χ0v) is 7.47. The standard InChI is InChI=1S/C7H11NO3S/c9-6(10)1-2-8-3-4-12-7(11)5-8/h1-5H2,(H,9,10). The molecule has 0 spiro atoms. The van der Waals surface area contributed by atoms with Crippen LogP contribution in [0.15, 0.2) is 0 Å². The number of hydrogen-bond donors (Lipinski definition) is 1. The molecular formula is C7H11NO3S. The molecule has 5 heteroatoms. The van der Waals surface area contributed by atoms with Gasteiger partial charge in [0.05, 0.1) is 13.0 Å². The van der Waals surface area contributed by atoms with E-state index in [2.05, 4.69) is 0 Å². The van der Waals surface area contributed by atoms with Crippen LogP contribution in [0.2, 0.25) is 0 Å². The number of aliphatic carboxylic acids is 1. The Kier molecular flexibility index (Phi) is 3.55. The number of carboxylic acids is 1. The summed E-state index contributed by atoms with van der Waals surface area (Å²) in [5.74, 6) is -0.0148. The van der Waals surface area contributed by atoms with Crippen LogP contribution < -0.4 is 0 Å². The highest BCUT2D eigenvalue weighted by Gasteiger charge is 2.17. The van der Waals surface area contributed by atoms with Crippen LogP contribution in [0.5, 0.6) is 0 Å². The van der Waals surface area contributed by atoms with Gasteiger partial charge in [-0.3, -0.25) is 14.5 Å². The minimum atomic E-state index is -0.805.